The van der Waals surface area contributed by atoms with Crippen LogP contribution in [0.15, 0.2) is 0 Å². The Kier molecular flexibility index (Phi) is 5.15. The fraction of sp³-hybridized carbons (Fsp3) is 0.929. The standard InChI is InChI=1S/C14H25NO3S/c1-10(9-16)19-8-6-11-3-2-7-14(11,13(17)18)15-12-4-5-12/h10-12,15-16H,2-9H2,1H3,(H,17,18). The van der Waals surface area contributed by atoms with E-state index in [2.05, 4.69) is 5.32 Å². The molecule has 19 heavy (non-hydrogen) atoms. The minimum absolute atomic E-state index is 0.194. The highest BCUT2D eigenvalue weighted by atomic mass is 32.2. The smallest absolute Gasteiger partial charge is 0.324 e. The number of thioether (sulfide) groups is 1. The third-order valence-corrected chi connectivity index (χ3v) is 5.56. The third-order valence-electron chi connectivity index (χ3n) is 4.37. The normalized spacial score (nSPS) is 32.4. The van der Waals surface area contributed by atoms with E-state index >= 15 is 0 Å². The molecule has 3 atom stereocenters. The molecule has 0 aromatic heterocycles. The van der Waals surface area contributed by atoms with Crippen LogP contribution < -0.4 is 5.32 Å². The minimum Gasteiger partial charge on any atom is -0.480 e. The quantitative estimate of drug-likeness (QED) is 0.636. The number of carbonyl (C=O) groups is 1. The van der Waals surface area contributed by atoms with Gasteiger partial charge in [0.05, 0.1) is 6.61 Å². The van der Waals surface area contributed by atoms with Crippen LogP contribution in [0.25, 0.3) is 0 Å². The van der Waals surface area contributed by atoms with E-state index < -0.39 is 11.5 Å². The lowest BCUT2D eigenvalue weighted by Gasteiger charge is -2.33. The van der Waals surface area contributed by atoms with Gasteiger partial charge in [0.25, 0.3) is 0 Å². The summed E-state index contributed by atoms with van der Waals surface area (Å²) in [5, 5.41) is 22.3. The highest BCUT2D eigenvalue weighted by molar-refractivity contribution is 7.99. The molecule has 0 saturated heterocycles. The number of carboxylic acid groups (broad SMARTS) is 1. The first-order valence-electron chi connectivity index (χ1n) is 7.32. The molecule has 0 aromatic carbocycles. The van der Waals surface area contributed by atoms with Crippen LogP contribution in [-0.4, -0.2) is 45.4 Å². The Bertz CT molecular complexity index is 322. The molecule has 0 aliphatic heterocycles. The Morgan fingerprint density at radius 1 is 1.47 bits per heavy atom. The van der Waals surface area contributed by atoms with Crippen LogP contribution in [0.3, 0.4) is 0 Å². The number of aliphatic carboxylic acids is 1. The van der Waals surface area contributed by atoms with Gasteiger partial charge < -0.3 is 10.2 Å². The van der Waals surface area contributed by atoms with Gasteiger partial charge in [0.1, 0.15) is 5.54 Å². The van der Waals surface area contributed by atoms with Crippen molar-refractivity contribution in [1.29, 1.82) is 0 Å². The maximum Gasteiger partial charge on any atom is 0.324 e. The molecule has 0 aromatic rings. The summed E-state index contributed by atoms with van der Waals surface area (Å²) in [5.74, 6) is 0.513. The SMILES string of the molecule is CC(CO)SCCC1CCCC1(NC1CC1)C(=O)O. The van der Waals surface area contributed by atoms with E-state index in [0.717, 1.165) is 44.3 Å². The Balaban J connectivity index is 1.90. The van der Waals surface area contributed by atoms with Gasteiger partial charge in [-0.2, -0.15) is 11.8 Å². The molecule has 3 unspecified atom stereocenters. The molecule has 2 saturated carbocycles. The minimum atomic E-state index is -0.676. The fourth-order valence-corrected chi connectivity index (χ4v) is 3.99. The lowest BCUT2D eigenvalue weighted by Crippen LogP contribution is -2.55. The zero-order valence-corrected chi connectivity index (χ0v) is 12.4. The number of hydrogen-bond acceptors (Lipinski definition) is 4. The molecule has 2 rings (SSSR count). The second kappa shape index (κ2) is 6.46. The second-order valence-electron chi connectivity index (χ2n) is 5.94. The van der Waals surface area contributed by atoms with Crippen molar-refractivity contribution in [3.63, 3.8) is 0 Å². The summed E-state index contributed by atoms with van der Waals surface area (Å²) in [4.78, 5) is 11.7. The van der Waals surface area contributed by atoms with Crippen LogP contribution in [0.1, 0.15) is 45.4 Å². The van der Waals surface area contributed by atoms with Crippen molar-refractivity contribution in [2.24, 2.45) is 5.92 Å². The first-order valence-corrected chi connectivity index (χ1v) is 8.37. The molecule has 2 aliphatic rings. The summed E-state index contributed by atoms with van der Waals surface area (Å²) in [6, 6.07) is 0.431. The van der Waals surface area contributed by atoms with Crippen LogP contribution in [-0.2, 0) is 4.79 Å². The number of rotatable bonds is 8. The van der Waals surface area contributed by atoms with E-state index in [1.54, 1.807) is 11.8 Å². The van der Waals surface area contributed by atoms with Crippen molar-refractivity contribution in [3.05, 3.63) is 0 Å². The summed E-state index contributed by atoms with van der Waals surface area (Å²) >= 11 is 1.74. The summed E-state index contributed by atoms with van der Waals surface area (Å²) in [6.45, 7) is 2.20. The Hall–Kier alpha value is -0.260. The number of hydrogen-bond donors (Lipinski definition) is 3. The Labute approximate surface area is 119 Å². The van der Waals surface area contributed by atoms with Gasteiger partial charge >= 0.3 is 5.97 Å². The molecule has 0 radical (unpaired) electrons. The van der Waals surface area contributed by atoms with Crippen molar-refractivity contribution in [1.82, 2.24) is 5.32 Å². The van der Waals surface area contributed by atoms with Crippen LogP contribution in [0.4, 0.5) is 0 Å². The van der Waals surface area contributed by atoms with Gasteiger partial charge in [-0.15, -0.1) is 0 Å². The predicted molar refractivity (Wildman–Crippen MR) is 77.5 cm³/mol. The van der Waals surface area contributed by atoms with Crippen LogP contribution in [0.5, 0.6) is 0 Å². The fourth-order valence-electron chi connectivity index (χ4n) is 3.06. The number of aliphatic hydroxyl groups excluding tert-OH is 1. The molecule has 0 heterocycles. The molecule has 2 fully saturated rings. The van der Waals surface area contributed by atoms with E-state index in [1.807, 2.05) is 6.92 Å². The first-order chi connectivity index (χ1) is 9.08. The zero-order valence-electron chi connectivity index (χ0n) is 11.6. The molecular formula is C14H25NO3S. The molecule has 110 valence electrons. The molecule has 2 aliphatic carbocycles. The summed E-state index contributed by atoms with van der Waals surface area (Å²) in [6.07, 6.45) is 5.97. The number of carboxylic acids is 1. The van der Waals surface area contributed by atoms with Gasteiger partial charge in [-0.1, -0.05) is 13.3 Å². The molecule has 0 amide bonds. The van der Waals surface area contributed by atoms with Gasteiger partial charge in [0, 0.05) is 11.3 Å². The monoisotopic (exact) mass is 287 g/mol. The average Bonchev–Trinajstić information content (AvgIpc) is 3.09. The topological polar surface area (TPSA) is 69.6 Å². The Morgan fingerprint density at radius 3 is 2.79 bits per heavy atom. The highest BCUT2D eigenvalue weighted by Gasteiger charge is 2.50. The summed E-state index contributed by atoms with van der Waals surface area (Å²) in [7, 11) is 0. The van der Waals surface area contributed by atoms with E-state index in [0.29, 0.717) is 6.04 Å². The lowest BCUT2D eigenvalue weighted by molar-refractivity contribution is -0.146. The van der Waals surface area contributed by atoms with Crippen molar-refractivity contribution in [2.75, 3.05) is 12.4 Å². The van der Waals surface area contributed by atoms with E-state index in [1.165, 1.54) is 0 Å². The molecule has 0 bridgehead atoms. The van der Waals surface area contributed by atoms with Crippen molar-refractivity contribution < 1.29 is 15.0 Å². The average molecular weight is 287 g/mol. The summed E-state index contributed by atoms with van der Waals surface area (Å²) in [5.41, 5.74) is -0.676. The van der Waals surface area contributed by atoms with Gasteiger partial charge in [-0.3, -0.25) is 10.1 Å². The van der Waals surface area contributed by atoms with Crippen LogP contribution in [0.2, 0.25) is 0 Å². The maximum atomic E-state index is 11.7. The second-order valence-corrected chi connectivity index (χ2v) is 7.48. The van der Waals surface area contributed by atoms with Crippen molar-refractivity contribution in [2.45, 2.75) is 62.3 Å². The number of aliphatic hydroxyl groups is 1. The van der Waals surface area contributed by atoms with Crippen LogP contribution in [0, 0.1) is 5.92 Å². The van der Waals surface area contributed by atoms with E-state index in [4.69, 9.17) is 5.11 Å². The lowest BCUT2D eigenvalue weighted by atomic mass is 9.85. The largest absolute Gasteiger partial charge is 0.480 e. The maximum absolute atomic E-state index is 11.7. The molecule has 3 N–H and O–H groups in total. The highest BCUT2D eigenvalue weighted by Crippen LogP contribution is 2.41. The molecule has 4 nitrogen and oxygen atoms in total. The van der Waals surface area contributed by atoms with Gasteiger partial charge in [-0.05, 0) is 43.8 Å². The van der Waals surface area contributed by atoms with Gasteiger partial charge in [0.15, 0.2) is 0 Å². The third kappa shape index (κ3) is 3.64. The van der Waals surface area contributed by atoms with E-state index in [9.17, 15) is 9.90 Å². The van der Waals surface area contributed by atoms with E-state index in [-0.39, 0.29) is 17.8 Å². The molecule has 5 heteroatoms. The Morgan fingerprint density at radius 2 is 2.21 bits per heavy atom. The van der Waals surface area contributed by atoms with Crippen LogP contribution >= 0.6 is 11.8 Å². The molecular weight excluding hydrogens is 262 g/mol. The predicted octanol–water partition coefficient (Wildman–Crippen LogP) is 1.87. The summed E-state index contributed by atoms with van der Waals surface area (Å²) < 4.78 is 0. The zero-order chi connectivity index (χ0) is 13.9. The number of nitrogens with one attached hydrogen (secondary N) is 1. The van der Waals surface area contributed by atoms with Crippen molar-refractivity contribution >= 4 is 17.7 Å². The first kappa shape index (κ1) is 15.1. The van der Waals surface area contributed by atoms with Gasteiger partial charge in [0.2, 0.25) is 0 Å². The van der Waals surface area contributed by atoms with Crippen molar-refractivity contribution in [3.8, 4) is 0 Å². The molecule has 0 spiro atoms. The van der Waals surface area contributed by atoms with Gasteiger partial charge in [-0.25, -0.2) is 0 Å².